The predicted molar refractivity (Wildman–Crippen MR) is 81.5 cm³/mol. The smallest absolute Gasteiger partial charge is 0.162 e. The molecule has 6 heteroatoms. The van der Waals surface area contributed by atoms with E-state index in [-0.39, 0.29) is 5.41 Å². The van der Waals surface area contributed by atoms with Crippen LogP contribution in [0.15, 0.2) is 0 Å². The van der Waals surface area contributed by atoms with Gasteiger partial charge in [-0.3, -0.25) is 0 Å². The topological polar surface area (TPSA) is 69.6 Å². The van der Waals surface area contributed by atoms with E-state index in [1.165, 1.54) is 0 Å². The van der Waals surface area contributed by atoms with Crippen LogP contribution in [0, 0.1) is 20.8 Å². The minimum absolute atomic E-state index is 0.184. The largest absolute Gasteiger partial charge is 0.383 e. The van der Waals surface area contributed by atoms with E-state index in [1.807, 2.05) is 20.8 Å². The Hall–Kier alpha value is -1.62. The second kappa shape index (κ2) is 4.74. The second-order valence-electron chi connectivity index (χ2n) is 6.03. The Bertz CT molecular complexity index is 667. The van der Waals surface area contributed by atoms with Crippen LogP contribution < -0.4 is 5.73 Å². The van der Waals surface area contributed by atoms with Crippen LogP contribution in [0.3, 0.4) is 0 Å². The monoisotopic (exact) mass is 293 g/mol. The number of nitrogens with two attached hydrogens (primary N) is 1. The SMILES string of the molecule is Cc1nn(-c2nc(C(C)(C)C)nc(N)c2C)c(C)c1Cl. The minimum Gasteiger partial charge on any atom is -0.383 e. The average molecular weight is 294 g/mol. The van der Waals surface area contributed by atoms with E-state index in [2.05, 4.69) is 35.8 Å². The molecule has 0 aliphatic heterocycles. The molecular formula is C14H20ClN5. The number of anilines is 1. The Morgan fingerprint density at radius 1 is 1.10 bits per heavy atom. The normalized spacial score (nSPS) is 11.9. The number of aromatic nitrogens is 4. The summed E-state index contributed by atoms with van der Waals surface area (Å²) in [7, 11) is 0. The fraction of sp³-hybridized carbons (Fsp3) is 0.500. The highest BCUT2D eigenvalue weighted by Crippen LogP contribution is 2.27. The number of hydrogen-bond donors (Lipinski definition) is 1. The van der Waals surface area contributed by atoms with E-state index >= 15 is 0 Å². The Balaban J connectivity index is 2.73. The number of nitrogens with zero attached hydrogens (tertiary/aromatic N) is 4. The van der Waals surface area contributed by atoms with Crippen molar-refractivity contribution in [3.8, 4) is 5.82 Å². The third-order valence-electron chi connectivity index (χ3n) is 3.23. The molecule has 0 bridgehead atoms. The first-order valence-electron chi connectivity index (χ1n) is 6.49. The van der Waals surface area contributed by atoms with E-state index in [9.17, 15) is 0 Å². The molecule has 0 saturated carbocycles. The van der Waals surface area contributed by atoms with Crippen LogP contribution in [0.25, 0.3) is 5.82 Å². The Kier molecular flexibility index (Phi) is 3.50. The summed E-state index contributed by atoms with van der Waals surface area (Å²) in [6.45, 7) is 11.8. The van der Waals surface area contributed by atoms with E-state index in [0.29, 0.717) is 22.5 Å². The lowest BCUT2D eigenvalue weighted by atomic mass is 9.95. The maximum atomic E-state index is 6.21. The van der Waals surface area contributed by atoms with Gasteiger partial charge in [0.15, 0.2) is 5.82 Å². The van der Waals surface area contributed by atoms with E-state index in [1.54, 1.807) is 4.68 Å². The van der Waals surface area contributed by atoms with Gasteiger partial charge in [0, 0.05) is 11.0 Å². The maximum absolute atomic E-state index is 6.21. The highest BCUT2D eigenvalue weighted by molar-refractivity contribution is 6.31. The third kappa shape index (κ3) is 2.38. The summed E-state index contributed by atoms with van der Waals surface area (Å²) < 4.78 is 1.74. The van der Waals surface area contributed by atoms with Crippen molar-refractivity contribution >= 4 is 17.4 Å². The van der Waals surface area contributed by atoms with Crippen molar-refractivity contribution in [1.29, 1.82) is 0 Å². The van der Waals surface area contributed by atoms with Gasteiger partial charge in [-0.1, -0.05) is 32.4 Å². The van der Waals surface area contributed by atoms with Gasteiger partial charge in [0.1, 0.15) is 11.6 Å². The van der Waals surface area contributed by atoms with Crippen molar-refractivity contribution in [2.45, 2.75) is 47.0 Å². The van der Waals surface area contributed by atoms with Crippen molar-refractivity contribution < 1.29 is 0 Å². The van der Waals surface area contributed by atoms with Gasteiger partial charge in [0.2, 0.25) is 0 Å². The lowest BCUT2D eigenvalue weighted by Crippen LogP contribution is -2.20. The first-order valence-corrected chi connectivity index (χ1v) is 6.87. The molecule has 0 spiro atoms. The van der Waals surface area contributed by atoms with Crippen LogP contribution in [0.4, 0.5) is 5.82 Å². The molecule has 0 amide bonds. The fourth-order valence-corrected chi connectivity index (χ4v) is 2.01. The summed E-state index contributed by atoms with van der Waals surface area (Å²) in [5, 5.41) is 5.10. The molecule has 0 unspecified atom stereocenters. The van der Waals surface area contributed by atoms with Crippen LogP contribution in [-0.2, 0) is 5.41 Å². The minimum atomic E-state index is -0.184. The van der Waals surface area contributed by atoms with Gasteiger partial charge in [-0.25, -0.2) is 14.6 Å². The molecule has 0 atom stereocenters. The number of nitrogen functional groups attached to an aromatic ring is 1. The van der Waals surface area contributed by atoms with E-state index in [4.69, 9.17) is 17.3 Å². The molecular weight excluding hydrogens is 274 g/mol. The Morgan fingerprint density at radius 3 is 2.15 bits per heavy atom. The number of aryl methyl sites for hydroxylation is 1. The molecule has 2 rings (SSSR count). The lowest BCUT2D eigenvalue weighted by molar-refractivity contribution is 0.542. The van der Waals surface area contributed by atoms with E-state index in [0.717, 1.165) is 17.0 Å². The van der Waals surface area contributed by atoms with Gasteiger partial charge in [-0.05, 0) is 20.8 Å². The molecule has 2 N–H and O–H groups in total. The molecule has 2 heterocycles. The maximum Gasteiger partial charge on any atom is 0.162 e. The van der Waals surface area contributed by atoms with Crippen LogP contribution >= 0.6 is 11.6 Å². The first kappa shape index (κ1) is 14.8. The molecule has 108 valence electrons. The van der Waals surface area contributed by atoms with Crippen molar-refractivity contribution in [2.75, 3.05) is 5.73 Å². The van der Waals surface area contributed by atoms with Crippen LogP contribution in [0.2, 0.25) is 5.02 Å². The van der Waals surface area contributed by atoms with E-state index < -0.39 is 0 Å². The third-order valence-corrected chi connectivity index (χ3v) is 3.78. The highest BCUT2D eigenvalue weighted by Gasteiger charge is 2.22. The summed E-state index contributed by atoms with van der Waals surface area (Å²) in [5.41, 5.74) is 8.27. The summed E-state index contributed by atoms with van der Waals surface area (Å²) in [6, 6.07) is 0. The molecule has 0 aliphatic carbocycles. The van der Waals surface area contributed by atoms with Gasteiger partial charge in [-0.15, -0.1) is 0 Å². The molecule has 0 fully saturated rings. The van der Waals surface area contributed by atoms with Gasteiger partial charge >= 0.3 is 0 Å². The highest BCUT2D eigenvalue weighted by atomic mass is 35.5. The van der Waals surface area contributed by atoms with Gasteiger partial charge < -0.3 is 5.73 Å². The second-order valence-corrected chi connectivity index (χ2v) is 6.41. The summed E-state index contributed by atoms with van der Waals surface area (Å²) >= 11 is 6.21. The van der Waals surface area contributed by atoms with Crippen molar-refractivity contribution in [3.05, 3.63) is 27.8 Å². The fourth-order valence-electron chi connectivity index (χ4n) is 1.89. The van der Waals surface area contributed by atoms with Crippen LogP contribution in [-0.4, -0.2) is 19.7 Å². The van der Waals surface area contributed by atoms with Crippen LogP contribution in [0.1, 0.15) is 43.5 Å². The first-order chi connectivity index (χ1) is 9.12. The number of halogens is 1. The lowest BCUT2D eigenvalue weighted by Gasteiger charge is -2.19. The quantitative estimate of drug-likeness (QED) is 0.877. The molecule has 5 nitrogen and oxygen atoms in total. The Labute approximate surface area is 124 Å². The van der Waals surface area contributed by atoms with Gasteiger partial charge in [0.25, 0.3) is 0 Å². The van der Waals surface area contributed by atoms with Gasteiger partial charge in [-0.2, -0.15) is 5.10 Å². The number of hydrogen-bond acceptors (Lipinski definition) is 4. The zero-order chi connectivity index (χ0) is 15.2. The molecule has 2 aromatic rings. The zero-order valence-corrected chi connectivity index (χ0v) is 13.5. The Morgan fingerprint density at radius 2 is 1.70 bits per heavy atom. The summed E-state index contributed by atoms with van der Waals surface area (Å²) in [6.07, 6.45) is 0. The molecule has 2 aromatic heterocycles. The zero-order valence-electron chi connectivity index (χ0n) is 12.7. The van der Waals surface area contributed by atoms with Crippen molar-refractivity contribution in [1.82, 2.24) is 19.7 Å². The van der Waals surface area contributed by atoms with Crippen molar-refractivity contribution in [2.24, 2.45) is 0 Å². The standard InChI is InChI=1S/C14H20ClN5/c1-7-11(16)17-13(14(4,5)6)18-12(7)20-9(3)10(15)8(2)19-20/h1-6H3,(H2,16,17,18). The summed E-state index contributed by atoms with van der Waals surface area (Å²) in [5.74, 6) is 1.86. The molecule has 0 saturated heterocycles. The molecule has 20 heavy (non-hydrogen) atoms. The molecule has 0 aliphatic rings. The van der Waals surface area contributed by atoms with Crippen LogP contribution in [0.5, 0.6) is 0 Å². The number of rotatable bonds is 1. The predicted octanol–water partition coefficient (Wildman–Crippen LogP) is 3.12. The molecule has 0 aromatic carbocycles. The van der Waals surface area contributed by atoms with Gasteiger partial charge in [0.05, 0.1) is 16.4 Å². The van der Waals surface area contributed by atoms with Crippen molar-refractivity contribution in [3.63, 3.8) is 0 Å². The molecule has 0 radical (unpaired) electrons. The summed E-state index contributed by atoms with van der Waals surface area (Å²) in [4.78, 5) is 9.02. The average Bonchev–Trinajstić information content (AvgIpc) is 2.59.